The van der Waals surface area contributed by atoms with E-state index in [1.54, 1.807) is 0 Å². The maximum atomic E-state index is 10.3. The summed E-state index contributed by atoms with van der Waals surface area (Å²) in [5.41, 5.74) is 0. The summed E-state index contributed by atoms with van der Waals surface area (Å²) in [7, 11) is -10.2. The molecule has 0 saturated heterocycles. The smallest absolute Gasteiger partial charge is 0.293 e. The molecular weight excluding hydrogens is 266 g/mol. The lowest BCUT2D eigenvalue weighted by atomic mass is 12.5. The van der Waals surface area contributed by atoms with Crippen LogP contribution in [0.25, 0.3) is 0 Å². The van der Waals surface area contributed by atoms with Gasteiger partial charge in [-0.3, -0.25) is 13.7 Å². The predicted octanol–water partition coefficient (Wildman–Crippen LogP) is -2.96. The van der Waals surface area contributed by atoms with Crippen LogP contribution in [0.1, 0.15) is 0 Å². The molecule has 0 aliphatic carbocycles. The van der Waals surface area contributed by atoms with Gasteiger partial charge in [0.2, 0.25) is 11.3 Å². The van der Waals surface area contributed by atoms with E-state index in [4.69, 9.17) is 13.7 Å². The molecule has 0 heterocycles. The summed E-state index contributed by atoms with van der Waals surface area (Å²) >= 11 is -2.98. The van der Waals surface area contributed by atoms with Crippen molar-refractivity contribution in [2.75, 3.05) is 0 Å². The molecule has 14 heavy (non-hydrogen) atoms. The summed E-state index contributed by atoms with van der Waals surface area (Å²) in [5.74, 6) is 0. The van der Waals surface area contributed by atoms with Crippen molar-refractivity contribution < 1.29 is 34.7 Å². The van der Waals surface area contributed by atoms with Crippen molar-refractivity contribution in [3.05, 3.63) is 0 Å². The van der Waals surface area contributed by atoms with Crippen LogP contribution < -0.4 is 9.66 Å². The largest absolute Gasteiger partial charge is 0.364 e. The van der Waals surface area contributed by atoms with Gasteiger partial charge in [-0.25, -0.2) is 4.21 Å². The second-order valence-corrected chi connectivity index (χ2v) is 4.72. The van der Waals surface area contributed by atoms with Gasteiger partial charge in [0.05, 0.1) is 0 Å². The molecular formula is H5N3O8S3. The standard InChI is InChI=1S/H5N3O8S3/c4-12(5)1-3(14(9,10)11)2-13(6,7)8/h1-2H,(H,4,5)(H,6,7,8)(H,9,10,11). The van der Waals surface area contributed by atoms with Crippen LogP contribution in [0, 0.1) is 0 Å². The molecule has 0 amide bonds. The van der Waals surface area contributed by atoms with Gasteiger partial charge in [0.1, 0.15) is 0 Å². The van der Waals surface area contributed by atoms with E-state index < -0.39 is 36.4 Å². The van der Waals surface area contributed by atoms with Crippen LogP contribution in [0.2, 0.25) is 0 Å². The van der Waals surface area contributed by atoms with E-state index in [1.807, 2.05) is 0 Å². The maximum Gasteiger partial charge on any atom is 0.364 e. The van der Waals surface area contributed by atoms with E-state index >= 15 is 0 Å². The first-order valence-corrected chi connectivity index (χ1v) is 6.36. The fraction of sp³-hybridized carbons (Fsp3) is 0. The van der Waals surface area contributed by atoms with Gasteiger partial charge in [-0.2, -0.15) is 16.8 Å². The van der Waals surface area contributed by atoms with Crippen LogP contribution >= 0.6 is 0 Å². The molecule has 0 aromatic heterocycles. The van der Waals surface area contributed by atoms with Crippen molar-refractivity contribution in [2.24, 2.45) is 0 Å². The molecule has 5 N–H and O–H groups in total. The van der Waals surface area contributed by atoms with E-state index in [0.29, 0.717) is 0 Å². The first-order valence-electron chi connectivity index (χ1n) is 2.42. The third-order valence-electron chi connectivity index (χ3n) is 0.590. The Kier molecular flexibility index (Phi) is 4.49. The van der Waals surface area contributed by atoms with Crippen LogP contribution in [0.3, 0.4) is 0 Å². The zero-order valence-corrected chi connectivity index (χ0v) is 8.50. The van der Waals surface area contributed by atoms with Crippen molar-refractivity contribution >= 4 is 31.9 Å². The van der Waals surface area contributed by atoms with Crippen molar-refractivity contribution in [3.8, 4) is 0 Å². The van der Waals surface area contributed by atoms with Crippen LogP contribution in [0.4, 0.5) is 0 Å². The Balaban J connectivity index is 4.86. The average molecular weight is 271 g/mol. The molecule has 0 aliphatic rings. The minimum atomic E-state index is -5.17. The highest BCUT2D eigenvalue weighted by Gasteiger charge is 2.25. The zero-order valence-electron chi connectivity index (χ0n) is 6.05. The van der Waals surface area contributed by atoms with Crippen molar-refractivity contribution in [1.29, 1.82) is 0 Å². The Morgan fingerprint density at radius 2 is 1.57 bits per heavy atom. The van der Waals surface area contributed by atoms with Crippen LogP contribution in [-0.4, -0.2) is 39.2 Å². The van der Waals surface area contributed by atoms with E-state index in [-0.39, 0.29) is 0 Å². The van der Waals surface area contributed by atoms with Gasteiger partial charge < -0.3 is 0 Å². The Bertz CT molecular complexity index is 403. The number of hydrogen-bond acceptors (Lipinski definition) is 5. The first-order chi connectivity index (χ1) is 6.02. The molecule has 0 aliphatic heterocycles. The van der Waals surface area contributed by atoms with Gasteiger partial charge >= 0.3 is 20.6 Å². The number of nitrogens with zero attached hydrogens (tertiary/aromatic N) is 1. The fourth-order valence-electron chi connectivity index (χ4n) is 0.289. The summed E-state index contributed by atoms with van der Waals surface area (Å²) < 4.78 is 74.4. The lowest BCUT2D eigenvalue weighted by Crippen LogP contribution is -2.53. The van der Waals surface area contributed by atoms with Gasteiger partial charge in [0, 0.05) is 0 Å². The van der Waals surface area contributed by atoms with Gasteiger partial charge in [0.15, 0.2) is 0 Å². The predicted molar refractivity (Wildman–Crippen MR) is 42.0 cm³/mol. The summed E-state index contributed by atoms with van der Waals surface area (Å²) in [5, 5.41) is 0. The molecule has 0 spiro atoms. The van der Waals surface area contributed by atoms with Gasteiger partial charge in [-0.15, -0.1) is 4.83 Å². The second kappa shape index (κ2) is 4.55. The molecule has 0 aromatic rings. The highest BCUT2D eigenvalue weighted by Crippen LogP contribution is 1.90. The summed E-state index contributed by atoms with van der Waals surface area (Å²) in [6.07, 6.45) is 0. The molecule has 0 rings (SSSR count). The number of rotatable bonds is 5. The maximum absolute atomic E-state index is 10.3. The monoisotopic (exact) mass is 271 g/mol. The number of hydrogen-bond donors (Lipinski definition) is 5. The summed E-state index contributed by atoms with van der Waals surface area (Å²) in [6, 6.07) is 0. The topological polar surface area (TPSA) is 173 Å². The molecule has 14 heteroatoms. The average Bonchev–Trinajstić information content (AvgIpc) is 1.78. The summed E-state index contributed by atoms with van der Waals surface area (Å²) in [4.78, 5) is 1.84. The Morgan fingerprint density at radius 3 is 1.79 bits per heavy atom. The molecule has 1 unspecified atom stereocenters. The minimum absolute atomic E-state index is 0.765. The molecule has 0 aromatic carbocycles. The lowest BCUT2D eigenvalue weighted by Gasteiger charge is -2.14. The quantitative estimate of drug-likeness (QED) is 0.200. The van der Waals surface area contributed by atoms with Crippen molar-refractivity contribution in [3.63, 3.8) is 0 Å². The molecule has 0 radical (unpaired) electrons. The molecule has 86 valence electrons. The fourth-order valence-corrected chi connectivity index (χ4v) is 2.02. The van der Waals surface area contributed by atoms with Gasteiger partial charge in [-0.05, 0) is 4.52 Å². The Hall–Kier alpha value is -0.190. The molecule has 0 saturated carbocycles. The Morgan fingerprint density at radius 1 is 1.14 bits per heavy atom. The highest BCUT2D eigenvalue weighted by atomic mass is 32.3. The molecule has 1 atom stereocenters. The van der Waals surface area contributed by atoms with E-state index in [0.717, 1.165) is 9.66 Å². The van der Waals surface area contributed by atoms with Crippen molar-refractivity contribution in [2.45, 2.75) is 0 Å². The number of hydrazine groups is 2. The molecule has 0 fully saturated rings. The van der Waals surface area contributed by atoms with E-state index in [2.05, 4.69) is 0 Å². The van der Waals surface area contributed by atoms with Crippen molar-refractivity contribution in [1.82, 2.24) is 14.2 Å². The van der Waals surface area contributed by atoms with Gasteiger partial charge in [-0.1, -0.05) is 4.83 Å². The van der Waals surface area contributed by atoms with E-state index in [9.17, 15) is 21.0 Å². The third-order valence-corrected chi connectivity index (χ3v) is 2.22. The minimum Gasteiger partial charge on any atom is -0.293 e. The summed E-state index contributed by atoms with van der Waals surface area (Å²) in [6.45, 7) is 0. The van der Waals surface area contributed by atoms with Crippen LogP contribution in [-0.2, 0) is 31.9 Å². The highest BCUT2D eigenvalue weighted by molar-refractivity contribution is 7.87. The SMILES string of the molecule is O=S(O)NN(NS(=O)(=O)O)S(=O)(=O)O. The molecule has 0 bridgehead atoms. The van der Waals surface area contributed by atoms with Crippen LogP contribution in [0.15, 0.2) is 0 Å². The second-order valence-electron chi connectivity index (χ2n) is 1.65. The van der Waals surface area contributed by atoms with E-state index in [1.165, 1.54) is 0 Å². The van der Waals surface area contributed by atoms with Gasteiger partial charge in [0.25, 0.3) is 0 Å². The van der Waals surface area contributed by atoms with Crippen LogP contribution in [0.5, 0.6) is 0 Å². The number of nitrogens with one attached hydrogen (secondary N) is 2. The molecule has 11 nitrogen and oxygen atoms in total. The normalized spacial score (nSPS) is 15.7. The third kappa shape index (κ3) is 6.29. The first kappa shape index (κ1) is 13.8. The zero-order chi connectivity index (χ0) is 11.6. The Labute approximate surface area is 81.2 Å². The lowest BCUT2D eigenvalue weighted by molar-refractivity contribution is 0.286.